The molecule has 0 fully saturated rings. The number of halogens is 1. The van der Waals surface area contributed by atoms with E-state index in [0.717, 1.165) is 13.1 Å². The molecule has 0 bridgehead atoms. The van der Waals surface area contributed by atoms with E-state index < -0.39 is 0 Å². The molecule has 106 valence electrons. The van der Waals surface area contributed by atoms with Crippen LogP contribution in [0.15, 0.2) is 30.4 Å². The number of benzene rings is 1. The normalized spacial score (nSPS) is 15.1. The van der Waals surface area contributed by atoms with Gasteiger partial charge in [0.15, 0.2) is 0 Å². The van der Waals surface area contributed by atoms with E-state index in [1.165, 1.54) is 37.7 Å². The fraction of sp³-hybridized carbons (Fsp3) is 0.529. The summed E-state index contributed by atoms with van der Waals surface area (Å²) in [6.07, 6.45) is 11.0. The molecule has 0 spiro atoms. The van der Waals surface area contributed by atoms with Crippen molar-refractivity contribution in [1.29, 1.82) is 0 Å². The van der Waals surface area contributed by atoms with Gasteiger partial charge in [-0.25, -0.2) is 0 Å². The lowest BCUT2D eigenvalue weighted by Gasteiger charge is -2.16. The van der Waals surface area contributed by atoms with Gasteiger partial charge in [0.05, 0.1) is 0 Å². The standard InChI is InChI=1S/C17H25N.ClH/c1-3-4-12-18(2)14-15-10-11-16-8-6-5-7-9-17(16)13-15;/h3-4,10-11,13H,5-9,12,14H2,1-2H3;1H/b4-3+;. The maximum absolute atomic E-state index is 2.44. The molecule has 1 aromatic carbocycles. The van der Waals surface area contributed by atoms with Crippen LogP contribution in [0.5, 0.6) is 0 Å². The molecule has 0 saturated carbocycles. The highest BCUT2D eigenvalue weighted by Crippen LogP contribution is 2.22. The Morgan fingerprint density at radius 3 is 2.58 bits per heavy atom. The molecule has 0 saturated heterocycles. The van der Waals surface area contributed by atoms with Gasteiger partial charge in [0.25, 0.3) is 0 Å². The Morgan fingerprint density at radius 2 is 1.84 bits per heavy atom. The number of rotatable bonds is 4. The molecule has 2 rings (SSSR count). The smallest absolute Gasteiger partial charge is 0.0234 e. The van der Waals surface area contributed by atoms with Crippen LogP contribution in [0, 0.1) is 0 Å². The van der Waals surface area contributed by atoms with Crippen molar-refractivity contribution in [3.8, 4) is 0 Å². The third-order valence-corrected chi connectivity index (χ3v) is 3.77. The van der Waals surface area contributed by atoms with E-state index in [-0.39, 0.29) is 12.4 Å². The maximum atomic E-state index is 2.44. The number of allylic oxidation sites excluding steroid dienone is 1. The number of nitrogens with zero attached hydrogens (tertiary/aromatic N) is 1. The second-order valence-corrected chi connectivity index (χ2v) is 5.43. The van der Waals surface area contributed by atoms with Crippen molar-refractivity contribution in [2.24, 2.45) is 0 Å². The minimum absolute atomic E-state index is 0. The van der Waals surface area contributed by atoms with Gasteiger partial charge >= 0.3 is 0 Å². The van der Waals surface area contributed by atoms with Crippen LogP contribution in [0.1, 0.15) is 42.9 Å². The number of hydrogen-bond donors (Lipinski definition) is 0. The van der Waals surface area contributed by atoms with Gasteiger partial charge in [-0.1, -0.05) is 36.8 Å². The summed E-state index contributed by atoms with van der Waals surface area (Å²) in [7, 11) is 2.19. The number of hydrogen-bond acceptors (Lipinski definition) is 1. The molecule has 1 aliphatic rings. The van der Waals surface area contributed by atoms with E-state index in [2.05, 4.69) is 49.2 Å². The second-order valence-electron chi connectivity index (χ2n) is 5.43. The average molecular weight is 280 g/mol. The Labute approximate surface area is 124 Å². The summed E-state index contributed by atoms with van der Waals surface area (Å²) >= 11 is 0. The second kappa shape index (κ2) is 8.39. The largest absolute Gasteiger partial charge is 0.298 e. The Kier molecular flexibility index (Phi) is 7.19. The van der Waals surface area contributed by atoms with Crippen LogP contribution in [-0.4, -0.2) is 18.5 Å². The highest BCUT2D eigenvalue weighted by molar-refractivity contribution is 5.85. The first-order valence-corrected chi connectivity index (χ1v) is 7.20. The van der Waals surface area contributed by atoms with Gasteiger partial charge in [-0.3, -0.25) is 4.90 Å². The summed E-state index contributed by atoms with van der Waals surface area (Å²) < 4.78 is 0. The molecule has 0 aromatic heterocycles. The molecule has 1 aliphatic carbocycles. The van der Waals surface area contributed by atoms with Crippen molar-refractivity contribution in [3.05, 3.63) is 47.0 Å². The first-order chi connectivity index (χ1) is 8.79. The molecule has 0 amide bonds. The summed E-state index contributed by atoms with van der Waals surface area (Å²) in [5.41, 5.74) is 4.65. The van der Waals surface area contributed by atoms with Gasteiger partial charge in [0, 0.05) is 13.1 Å². The highest BCUT2D eigenvalue weighted by atomic mass is 35.5. The summed E-state index contributed by atoms with van der Waals surface area (Å²) in [4.78, 5) is 2.36. The fourth-order valence-corrected chi connectivity index (χ4v) is 2.72. The Balaban J connectivity index is 0.00000180. The van der Waals surface area contributed by atoms with Crippen LogP contribution in [0.25, 0.3) is 0 Å². The maximum Gasteiger partial charge on any atom is 0.0234 e. The number of fused-ring (bicyclic) bond motifs is 1. The van der Waals surface area contributed by atoms with Crippen LogP contribution in [0.4, 0.5) is 0 Å². The Hall–Kier alpha value is -0.790. The zero-order chi connectivity index (χ0) is 12.8. The molecule has 0 radical (unpaired) electrons. The first-order valence-electron chi connectivity index (χ1n) is 7.20. The van der Waals surface area contributed by atoms with Crippen LogP contribution in [0.3, 0.4) is 0 Å². The third kappa shape index (κ3) is 5.00. The van der Waals surface area contributed by atoms with E-state index in [4.69, 9.17) is 0 Å². The van der Waals surface area contributed by atoms with Crippen molar-refractivity contribution < 1.29 is 0 Å². The van der Waals surface area contributed by atoms with Gasteiger partial charge in [-0.2, -0.15) is 0 Å². The minimum atomic E-state index is 0. The monoisotopic (exact) mass is 279 g/mol. The molecule has 0 unspecified atom stereocenters. The molecular formula is C17H26ClN. The van der Waals surface area contributed by atoms with Crippen LogP contribution < -0.4 is 0 Å². The average Bonchev–Trinajstić information content (AvgIpc) is 2.61. The third-order valence-electron chi connectivity index (χ3n) is 3.77. The van der Waals surface area contributed by atoms with E-state index in [1.807, 2.05) is 0 Å². The van der Waals surface area contributed by atoms with Crippen molar-refractivity contribution in [1.82, 2.24) is 4.90 Å². The van der Waals surface area contributed by atoms with Gasteiger partial charge in [-0.15, -0.1) is 12.4 Å². The SMILES string of the molecule is C/C=C/CN(C)Cc1ccc2c(c1)CCCCC2.Cl. The van der Waals surface area contributed by atoms with E-state index in [1.54, 1.807) is 11.1 Å². The topological polar surface area (TPSA) is 3.24 Å². The molecule has 0 N–H and O–H groups in total. The van der Waals surface area contributed by atoms with Gasteiger partial charge in [0.2, 0.25) is 0 Å². The van der Waals surface area contributed by atoms with E-state index in [9.17, 15) is 0 Å². The highest BCUT2D eigenvalue weighted by Gasteiger charge is 2.09. The molecule has 0 heterocycles. The Morgan fingerprint density at radius 1 is 1.11 bits per heavy atom. The zero-order valence-corrected chi connectivity index (χ0v) is 13.0. The lowest BCUT2D eigenvalue weighted by Crippen LogP contribution is -2.17. The molecule has 0 atom stereocenters. The van der Waals surface area contributed by atoms with E-state index in [0.29, 0.717) is 0 Å². The summed E-state index contributed by atoms with van der Waals surface area (Å²) in [6, 6.07) is 7.11. The van der Waals surface area contributed by atoms with Crippen molar-refractivity contribution in [3.63, 3.8) is 0 Å². The van der Waals surface area contributed by atoms with E-state index >= 15 is 0 Å². The minimum Gasteiger partial charge on any atom is -0.298 e. The Bertz CT molecular complexity index is 412. The van der Waals surface area contributed by atoms with Gasteiger partial charge < -0.3 is 0 Å². The van der Waals surface area contributed by atoms with Crippen molar-refractivity contribution in [2.45, 2.75) is 45.6 Å². The lowest BCUT2D eigenvalue weighted by atomic mass is 10.00. The fourth-order valence-electron chi connectivity index (χ4n) is 2.72. The predicted molar refractivity (Wildman–Crippen MR) is 86.1 cm³/mol. The van der Waals surface area contributed by atoms with Crippen LogP contribution in [-0.2, 0) is 19.4 Å². The molecule has 2 heteroatoms. The molecule has 1 aromatic rings. The number of likely N-dealkylation sites (N-methyl/N-ethyl adjacent to an activating group) is 1. The van der Waals surface area contributed by atoms with Crippen molar-refractivity contribution in [2.75, 3.05) is 13.6 Å². The van der Waals surface area contributed by atoms with Crippen LogP contribution >= 0.6 is 12.4 Å². The summed E-state index contributed by atoms with van der Waals surface area (Å²) in [5.74, 6) is 0. The van der Waals surface area contributed by atoms with Crippen LogP contribution in [0.2, 0.25) is 0 Å². The lowest BCUT2D eigenvalue weighted by molar-refractivity contribution is 0.363. The molecule has 19 heavy (non-hydrogen) atoms. The van der Waals surface area contributed by atoms with Gasteiger partial charge in [-0.05, 0) is 56.3 Å². The molecule has 0 aliphatic heterocycles. The molecule has 1 nitrogen and oxygen atoms in total. The van der Waals surface area contributed by atoms with Gasteiger partial charge in [0.1, 0.15) is 0 Å². The predicted octanol–water partition coefficient (Wildman–Crippen LogP) is 4.39. The first kappa shape index (κ1) is 16.3. The quantitative estimate of drug-likeness (QED) is 0.584. The zero-order valence-electron chi connectivity index (χ0n) is 12.2. The number of aryl methyl sites for hydroxylation is 2. The summed E-state index contributed by atoms with van der Waals surface area (Å²) in [5, 5.41) is 0. The summed E-state index contributed by atoms with van der Waals surface area (Å²) in [6.45, 7) is 4.17. The van der Waals surface area contributed by atoms with Crippen molar-refractivity contribution >= 4 is 12.4 Å². The molecular weight excluding hydrogens is 254 g/mol.